The molecule has 2 heterocycles. The summed E-state index contributed by atoms with van der Waals surface area (Å²) < 4.78 is 1.97. The largest absolute Gasteiger partial charge is 0.310 e. The first kappa shape index (κ1) is 17.4. The van der Waals surface area contributed by atoms with Crippen LogP contribution in [0.3, 0.4) is 0 Å². The van der Waals surface area contributed by atoms with Crippen molar-refractivity contribution in [3.63, 3.8) is 0 Å². The maximum absolute atomic E-state index is 12.4. The van der Waals surface area contributed by atoms with Gasteiger partial charge in [-0.15, -0.1) is 0 Å². The van der Waals surface area contributed by atoms with Crippen LogP contribution in [0.25, 0.3) is 0 Å². The van der Waals surface area contributed by atoms with Crippen molar-refractivity contribution in [1.82, 2.24) is 19.6 Å². The highest BCUT2D eigenvalue weighted by molar-refractivity contribution is 5.91. The van der Waals surface area contributed by atoms with Crippen LogP contribution < -0.4 is 5.32 Å². The summed E-state index contributed by atoms with van der Waals surface area (Å²) in [5, 5.41) is 7.45. The van der Waals surface area contributed by atoms with E-state index < -0.39 is 0 Å². The summed E-state index contributed by atoms with van der Waals surface area (Å²) in [5.41, 5.74) is 0. The molecule has 1 aromatic heterocycles. The SMILES string of the molecule is CC(C)CN1CCN(CC(=O)Nc2ccnn2C(C)C2CC2)CC1. The van der Waals surface area contributed by atoms with Crippen LogP contribution in [0.2, 0.25) is 0 Å². The first-order chi connectivity index (χ1) is 11.5. The summed E-state index contributed by atoms with van der Waals surface area (Å²) in [6.45, 7) is 12.4. The molecule has 1 atom stereocenters. The molecular weight excluding hydrogens is 302 g/mol. The number of nitrogens with one attached hydrogen (secondary N) is 1. The zero-order valence-electron chi connectivity index (χ0n) is 15.2. The van der Waals surface area contributed by atoms with Gasteiger partial charge in [0.2, 0.25) is 5.91 Å². The van der Waals surface area contributed by atoms with E-state index in [1.54, 1.807) is 6.20 Å². The van der Waals surface area contributed by atoms with Crippen LogP contribution in [0.15, 0.2) is 12.3 Å². The lowest BCUT2D eigenvalue weighted by Crippen LogP contribution is -2.49. The van der Waals surface area contributed by atoms with Gasteiger partial charge in [-0.1, -0.05) is 13.8 Å². The molecule has 0 radical (unpaired) electrons. The molecular formula is C18H31N5O. The van der Waals surface area contributed by atoms with Crippen molar-refractivity contribution in [1.29, 1.82) is 0 Å². The van der Waals surface area contributed by atoms with E-state index in [4.69, 9.17) is 0 Å². The van der Waals surface area contributed by atoms with E-state index in [0.29, 0.717) is 18.5 Å². The Morgan fingerprint density at radius 3 is 2.50 bits per heavy atom. The zero-order valence-corrected chi connectivity index (χ0v) is 15.2. The molecule has 1 amide bonds. The Kier molecular flexibility index (Phi) is 5.56. The Morgan fingerprint density at radius 1 is 1.21 bits per heavy atom. The van der Waals surface area contributed by atoms with E-state index in [1.807, 2.05) is 10.7 Å². The Labute approximate surface area is 145 Å². The third kappa shape index (κ3) is 4.57. The topological polar surface area (TPSA) is 53.4 Å². The number of aromatic nitrogens is 2. The van der Waals surface area contributed by atoms with Crippen molar-refractivity contribution >= 4 is 11.7 Å². The second kappa shape index (κ2) is 7.66. The van der Waals surface area contributed by atoms with Crippen LogP contribution in [0, 0.1) is 11.8 Å². The highest BCUT2D eigenvalue weighted by Crippen LogP contribution is 2.40. The van der Waals surface area contributed by atoms with Crippen LogP contribution in [0.4, 0.5) is 5.82 Å². The van der Waals surface area contributed by atoms with E-state index in [0.717, 1.165) is 44.5 Å². The van der Waals surface area contributed by atoms with Gasteiger partial charge in [0.25, 0.3) is 0 Å². The molecule has 1 unspecified atom stereocenters. The average Bonchev–Trinajstić information content (AvgIpc) is 3.28. The lowest BCUT2D eigenvalue weighted by atomic mass is 10.2. The minimum Gasteiger partial charge on any atom is -0.310 e. The molecule has 6 heteroatoms. The van der Waals surface area contributed by atoms with Gasteiger partial charge in [0.05, 0.1) is 18.8 Å². The molecule has 0 bridgehead atoms. The Balaban J connectivity index is 1.46. The van der Waals surface area contributed by atoms with Crippen molar-refractivity contribution in [3.05, 3.63) is 12.3 Å². The molecule has 6 nitrogen and oxygen atoms in total. The molecule has 1 saturated carbocycles. The van der Waals surface area contributed by atoms with E-state index in [-0.39, 0.29) is 5.91 Å². The lowest BCUT2D eigenvalue weighted by molar-refractivity contribution is -0.117. The van der Waals surface area contributed by atoms with Gasteiger partial charge < -0.3 is 10.2 Å². The number of carbonyl (C=O) groups excluding carboxylic acids is 1. The number of carbonyl (C=O) groups is 1. The Bertz CT molecular complexity index is 543. The van der Waals surface area contributed by atoms with Crippen LogP contribution in [-0.4, -0.2) is 64.8 Å². The molecule has 24 heavy (non-hydrogen) atoms. The van der Waals surface area contributed by atoms with E-state index in [2.05, 4.69) is 41.0 Å². The van der Waals surface area contributed by atoms with Crippen molar-refractivity contribution in [2.45, 2.75) is 39.7 Å². The summed E-state index contributed by atoms with van der Waals surface area (Å²) in [7, 11) is 0. The maximum Gasteiger partial charge on any atom is 0.239 e. The van der Waals surface area contributed by atoms with Gasteiger partial charge in [-0.25, -0.2) is 4.68 Å². The maximum atomic E-state index is 12.4. The predicted molar refractivity (Wildman–Crippen MR) is 96.0 cm³/mol. The molecule has 3 rings (SSSR count). The van der Waals surface area contributed by atoms with E-state index in [1.165, 1.54) is 12.8 Å². The molecule has 1 aliphatic heterocycles. The second-order valence-corrected chi connectivity index (χ2v) is 7.76. The standard InChI is InChI=1S/C18H31N5O/c1-14(2)12-21-8-10-22(11-9-21)13-18(24)20-17-6-7-19-23(17)15(3)16-4-5-16/h6-7,14-16H,4-5,8-13H2,1-3H3,(H,20,24). The number of rotatable bonds is 7. The van der Waals surface area contributed by atoms with Gasteiger partial charge in [0.15, 0.2) is 0 Å². The number of anilines is 1. The van der Waals surface area contributed by atoms with E-state index in [9.17, 15) is 4.79 Å². The van der Waals surface area contributed by atoms with Crippen molar-refractivity contribution < 1.29 is 4.79 Å². The monoisotopic (exact) mass is 333 g/mol. The highest BCUT2D eigenvalue weighted by atomic mass is 16.2. The summed E-state index contributed by atoms with van der Waals surface area (Å²) in [6, 6.07) is 2.27. The fourth-order valence-corrected chi connectivity index (χ4v) is 3.55. The fraction of sp³-hybridized carbons (Fsp3) is 0.778. The van der Waals surface area contributed by atoms with Crippen LogP contribution >= 0.6 is 0 Å². The Morgan fingerprint density at radius 2 is 1.88 bits per heavy atom. The van der Waals surface area contributed by atoms with Crippen LogP contribution in [0.5, 0.6) is 0 Å². The number of hydrogen-bond acceptors (Lipinski definition) is 4. The smallest absolute Gasteiger partial charge is 0.239 e. The summed E-state index contributed by atoms with van der Waals surface area (Å²) in [4.78, 5) is 17.1. The Hall–Kier alpha value is -1.40. The molecule has 1 aromatic rings. The summed E-state index contributed by atoms with van der Waals surface area (Å²) >= 11 is 0. The highest BCUT2D eigenvalue weighted by Gasteiger charge is 2.31. The summed E-state index contributed by atoms with van der Waals surface area (Å²) in [6.07, 6.45) is 4.32. The minimum absolute atomic E-state index is 0.0667. The van der Waals surface area contributed by atoms with Gasteiger partial charge >= 0.3 is 0 Å². The summed E-state index contributed by atoms with van der Waals surface area (Å²) in [5.74, 6) is 2.32. The quantitative estimate of drug-likeness (QED) is 0.830. The molecule has 1 N–H and O–H groups in total. The second-order valence-electron chi connectivity index (χ2n) is 7.76. The minimum atomic E-state index is 0.0667. The predicted octanol–water partition coefficient (Wildman–Crippen LogP) is 2.07. The number of hydrogen-bond donors (Lipinski definition) is 1. The first-order valence-corrected chi connectivity index (χ1v) is 9.31. The van der Waals surface area contributed by atoms with E-state index >= 15 is 0 Å². The first-order valence-electron chi connectivity index (χ1n) is 9.31. The molecule has 1 aliphatic carbocycles. The third-order valence-corrected chi connectivity index (χ3v) is 5.08. The lowest BCUT2D eigenvalue weighted by Gasteiger charge is -2.35. The van der Waals surface area contributed by atoms with Gasteiger partial charge in [-0.3, -0.25) is 9.69 Å². The average molecular weight is 333 g/mol. The molecule has 0 spiro atoms. The molecule has 0 aromatic carbocycles. The normalized spacial score (nSPS) is 21.2. The van der Waals surface area contributed by atoms with Gasteiger partial charge in [0, 0.05) is 38.8 Å². The number of piperazine rings is 1. The molecule has 1 saturated heterocycles. The molecule has 2 aliphatic rings. The number of amides is 1. The van der Waals surface area contributed by atoms with Crippen molar-refractivity contribution in [2.24, 2.45) is 11.8 Å². The van der Waals surface area contributed by atoms with Crippen molar-refractivity contribution in [3.8, 4) is 0 Å². The molecule has 134 valence electrons. The molecule has 2 fully saturated rings. The van der Waals surface area contributed by atoms with Gasteiger partial charge in [-0.05, 0) is 31.6 Å². The fourth-order valence-electron chi connectivity index (χ4n) is 3.55. The third-order valence-electron chi connectivity index (χ3n) is 5.08. The number of nitrogens with zero attached hydrogens (tertiary/aromatic N) is 4. The van der Waals surface area contributed by atoms with Crippen LogP contribution in [-0.2, 0) is 4.79 Å². The van der Waals surface area contributed by atoms with Crippen LogP contribution in [0.1, 0.15) is 39.7 Å². The van der Waals surface area contributed by atoms with Gasteiger partial charge in [0.1, 0.15) is 5.82 Å². The van der Waals surface area contributed by atoms with Gasteiger partial charge in [-0.2, -0.15) is 5.10 Å². The van der Waals surface area contributed by atoms with Crippen molar-refractivity contribution in [2.75, 3.05) is 44.6 Å². The zero-order chi connectivity index (χ0) is 17.1.